The molecule has 1 N–H and O–H groups in total. The van der Waals surface area contributed by atoms with Crippen molar-refractivity contribution in [1.29, 1.82) is 0 Å². The molecule has 1 unspecified atom stereocenters. The zero-order valence-electron chi connectivity index (χ0n) is 9.74. The number of benzene rings is 1. The molecule has 5 heteroatoms. The van der Waals surface area contributed by atoms with Gasteiger partial charge in [-0.05, 0) is 44.6 Å². The highest BCUT2D eigenvalue weighted by Crippen LogP contribution is 2.34. The fraction of sp³-hybridized carbons (Fsp3) is 0.500. The standard InChI is InChI=1S/C12H15F4N/c1-11(13,6-7-17-2)9-4-3-5-10(8-9)12(14,15)16/h3-5,8,17H,6-7H2,1-2H3. The largest absolute Gasteiger partial charge is 0.416 e. The van der Waals surface area contributed by atoms with Crippen LogP contribution in [0.3, 0.4) is 0 Å². The molecule has 0 aromatic heterocycles. The average Bonchev–Trinajstić information content (AvgIpc) is 2.25. The van der Waals surface area contributed by atoms with Gasteiger partial charge in [-0.3, -0.25) is 0 Å². The summed E-state index contributed by atoms with van der Waals surface area (Å²) in [5, 5.41) is 2.78. The molecular weight excluding hydrogens is 234 g/mol. The zero-order chi connectivity index (χ0) is 13.1. The Bertz CT molecular complexity index is 371. The van der Waals surface area contributed by atoms with Gasteiger partial charge in [-0.1, -0.05) is 12.1 Å². The van der Waals surface area contributed by atoms with Gasteiger partial charge in [-0.2, -0.15) is 13.2 Å². The lowest BCUT2D eigenvalue weighted by Gasteiger charge is -2.21. The molecule has 0 aliphatic carbocycles. The number of alkyl halides is 4. The molecule has 0 amide bonds. The lowest BCUT2D eigenvalue weighted by Crippen LogP contribution is -2.22. The molecule has 0 saturated heterocycles. The van der Waals surface area contributed by atoms with Crippen molar-refractivity contribution in [2.24, 2.45) is 0 Å². The number of hydrogen-bond donors (Lipinski definition) is 1. The molecule has 0 spiro atoms. The second-order valence-electron chi connectivity index (χ2n) is 4.13. The minimum atomic E-state index is -4.44. The Labute approximate surface area is 97.8 Å². The van der Waals surface area contributed by atoms with Crippen LogP contribution in [0.4, 0.5) is 17.6 Å². The Morgan fingerprint density at radius 3 is 2.24 bits per heavy atom. The maximum Gasteiger partial charge on any atom is 0.416 e. The molecule has 0 saturated carbocycles. The molecule has 0 bridgehead atoms. The van der Waals surface area contributed by atoms with Crippen LogP contribution in [0.5, 0.6) is 0 Å². The summed E-state index contributed by atoms with van der Waals surface area (Å²) in [6.07, 6.45) is -4.31. The highest BCUT2D eigenvalue weighted by Gasteiger charge is 2.33. The van der Waals surface area contributed by atoms with Gasteiger partial charge in [0.1, 0.15) is 5.67 Å². The van der Waals surface area contributed by atoms with Gasteiger partial charge in [0.25, 0.3) is 0 Å². The second-order valence-corrected chi connectivity index (χ2v) is 4.13. The van der Waals surface area contributed by atoms with Crippen molar-refractivity contribution < 1.29 is 17.6 Å². The molecule has 1 atom stereocenters. The summed E-state index contributed by atoms with van der Waals surface area (Å²) < 4.78 is 51.6. The SMILES string of the molecule is CNCCC(C)(F)c1cccc(C(F)(F)F)c1. The molecule has 0 aliphatic rings. The number of nitrogens with one attached hydrogen (secondary N) is 1. The van der Waals surface area contributed by atoms with E-state index in [0.717, 1.165) is 12.1 Å². The summed E-state index contributed by atoms with van der Waals surface area (Å²) in [6, 6.07) is 4.42. The van der Waals surface area contributed by atoms with Crippen LogP contribution in [0.2, 0.25) is 0 Å². The molecule has 1 rings (SSSR count). The maximum absolute atomic E-state index is 14.2. The van der Waals surface area contributed by atoms with Crippen LogP contribution in [0.25, 0.3) is 0 Å². The van der Waals surface area contributed by atoms with Gasteiger partial charge in [-0.15, -0.1) is 0 Å². The Kier molecular flexibility index (Phi) is 4.14. The van der Waals surface area contributed by atoms with E-state index in [0.29, 0.717) is 6.54 Å². The van der Waals surface area contributed by atoms with Gasteiger partial charge in [0.05, 0.1) is 5.56 Å². The van der Waals surface area contributed by atoms with Gasteiger partial charge >= 0.3 is 6.18 Å². The fourth-order valence-electron chi connectivity index (χ4n) is 1.52. The van der Waals surface area contributed by atoms with Crippen LogP contribution >= 0.6 is 0 Å². The molecule has 96 valence electrons. The summed E-state index contributed by atoms with van der Waals surface area (Å²) in [5.74, 6) is 0. The molecule has 0 radical (unpaired) electrons. The molecule has 0 fully saturated rings. The van der Waals surface area contributed by atoms with E-state index in [-0.39, 0.29) is 12.0 Å². The van der Waals surface area contributed by atoms with Gasteiger partial charge in [0.15, 0.2) is 0 Å². The minimum Gasteiger partial charge on any atom is -0.320 e. The second kappa shape index (κ2) is 5.04. The Morgan fingerprint density at radius 2 is 1.71 bits per heavy atom. The number of halogens is 4. The van der Waals surface area contributed by atoms with Crippen LogP contribution < -0.4 is 5.32 Å². The first-order chi connectivity index (χ1) is 7.77. The van der Waals surface area contributed by atoms with E-state index >= 15 is 0 Å². The fourth-order valence-corrected chi connectivity index (χ4v) is 1.52. The first kappa shape index (κ1) is 14.0. The Hall–Kier alpha value is -1.10. The van der Waals surface area contributed by atoms with E-state index in [1.807, 2.05) is 0 Å². The van der Waals surface area contributed by atoms with Crippen LogP contribution in [0, 0.1) is 0 Å². The molecule has 1 nitrogen and oxygen atoms in total. The normalized spacial score (nSPS) is 15.6. The van der Waals surface area contributed by atoms with Gasteiger partial charge in [0.2, 0.25) is 0 Å². The van der Waals surface area contributed by atoms with Crippen molar-refractivity contribution >= 4 is 0 Å². The first-order valence-electron chi connectivity index (χ1n) is 5.28. The van der Waals surface area contributed by atoms with Gasteiger partial charge < -0.3 is 5.32 Å². The maximum atomic E-state index is 14.2. The third-order valence-corrected chi connectivity index (χ3v) is 2.64. The summed E-state index contributed by atoms with van der Waals surface area (Å²) >= 11 is 0. The lowest BCUT2D eigenvalue weighted by atomic mass is 9.93. The monoisotopic (exact) mass is 249 g/mol. The topological polar surface area (TPSA) is 12.0 Å². The molecule has 17 heavy (non-hydrogen) atoms. The lowest BCUT2D eigenvalue weighted by molar-refractivity contribution is -0.137. The van der Waals surface area contributed by atoms with E-state index in [1.165, 1.54) is 19.1 Å². The Balaban J connectivity index is 2.98. The van der Waals surface area contributed by atoms with E-state index < -0.39 is 17.4 Å². The van der Waals surface area contributed by atoms with E-state index in [4.69, 9.17) is 0 Å². The molecule has 0 aliphatic heterocycles. The highest BCUT2D eigenvalue weighted by molar-refractivity contribution is 5.29. The predicted molar refractivity (Wildman–Crippen MR) is 58.4 cm³/mol. The highest BCUT2D eigenvalue weighted by atomic mass is 19.4. The molecular formula is C12H15F4N. The van der Waals surface area contributed by atoms with Gasteiger partial charge in [0, 0.05) is 0 Å². The van der Waals surface area contributed by atoms with Crippen LogP contribution in [0.15, 0.2) is 24.3 Å². The smallest absolute Gasteiger partial charge is 0.320 e. The average molecular weight is 249 g/mol. The van der Waals surface area contributed by atoms with Crippen LogP contribution in [0.1, 0.15) is 24.5 Å². The zero-order valence-corrected chi connectivity index (χ0v) is 9.74. The van der Waals surface area contributed by atoms with E-state index in [1.54, 1.807) is 7.05 Å². The summed E-state index contributed by atoms with van der Waals surface area (Å²) in [6.45, 7) is 1.70. The summed E-state index contributed by atoms with van der Waals surface area (Å²) in [7, 11) is 1.67. The van der Waals surface area contributed by atoms with Crippen molar-refractivity contribution in [3.05, 3.63) is 35.4 Å². The number of hydrogen-bond acceptors (Lipinski definition) is 1. The molecule has 1 aromatic rings. The van der Waals surface area contributed by atoms with E-state index in [9.17, 15) is 17.6 Å². The third-order valence-electron chi connectivity index (χ3n) is 2.64. The predicted octanol–water partition coefficient (Wildman–Crippen LogP) is 3.50. The van der Waals surface area contributed by atoms with Crippen molar-refractivity contribution in [1.82, 2.24) is 5.32 Å². The quantitative estimate of drug-likeness (QED) is 0.805. The molecule has 0 heterocycles. The minimum absolute atomic E-state index is 0.0579. The van der Waals surface area contributed by atoms with Crippen molar-refractivity contribution in [3.63, 3.8) is 0 Å². The van der Waals surface area contributed by atoms with Crippen LogP contribution in [-0.2, 0) is 11.8 Å². The Morgan fingerprint density at radius 1 is 1.12 bits per heavy atom. The first-order valence-corrected chi connectivity index (χ1v) is 5.28. The van der Waals surface area contributed by atoms with Crippen molar-refractivity contribution in [2.75, 3.05) is 13.6 Å². The van der Waals surface area contributed by atoms with Crippen molar-refractivity contribution in [2.45, 2.75) is 25.2 Å². The van der Waals surface area contributed by atoms with Crippen LogP contribution in [-0.4, -0.2) is 13.6 Å². The third kappa shape index (κ3) is 3.70. The summed E-state index contributed by atoms with van der Waals surface area (Å²) in [4.78, 5) is 0. The van der Waals surface area contributed by atoms with Crippen molar-refractivity contribution in [3.8, 4) is 0 Å². The molecule has 1 aromatic carbocycles. The van der Waals surface area contributed by atoms with Gasteiger partial charge in [-0.25, -0.2) is 4.39 Å². The summed E-state index contributed by atoms with van der Waals surface area (Å²) in [5.41, 5.74) is -2.52. The van der Waals surface area contributed by atoms with E-state index in [2.05, 4.69) is 5.32 Å². The number of rotatable bonds is 4.